The normalized spacial score (nSPS) is 14.8. The number of rotatable bonds is 6. The molecule has 1 saturated heterocycles. The van der Waals surface area contributed by atoms with E-state index in [0.717, 1.165) is 31.7 Å². The zero-order valence-electron chi connectivity index (χ0n) is 18.8. The maximum atomic E-state index is 13.1. The van der Waals surface area contributed by atoms with E-state index in [0.29, 0.717) is 28.3 Å². The molecule has 0 bridgehead atoms. The Balaban J connectivity index is 1.87. The van der Waals surface area contributed by atoms with Crippen molar-refractivity contribution in [1.82, 2.24) is 14.9 Å². The number of carbonyl (C=O) groups excluding carboxylic acids is 1. The summed E-state index contributed by atoms with van der Waals surface area (Å²) in [6.07, 6.45) is 4.89. The van der Waals surface area contributed by atoms with Crippen molar-refractivity contribution in [3.63, 3.8) is 0 Å². The molecule has 6 heteroatoms. The van der Waals surface area contributed by atoms with Crippen LogP contribution in [-0.2, 0) is 5.41 Å². The summed E-state index contributed by atoms with van der Waals surface area (Å²) in [6.45, 7) is 12.4. The van der Waals surface area contributed by atoms with Gasteiger partial charge in [0.05, 0.1) is 0 Å². The smallest absolute Gasteiger partial charge is 0.260 e. The number of amides is 1. The second-order valence-corrected chi connectivity index (χ2v) is 10.3. The summed E-state index contributed by atoms with van der Waals surface area (Å²) in [5.41, 5.74) is 1.74. The average molecular weight is 428 g/mol. The van der Waals surface area contributed by atoms with Crippen molar-refractivity contribution < 1.29 is 9.53 Å². The Morgan fingerprint density at radius 3 is 2.40 bits per heavy atom. The zero-order chi connectivity index (χ0) is 21.7. The van der Waals surface area contributed by atoms with Gasteiger partial charge in [-0.3, -0.25) is 4.79 Å². The van der Waals surface area contributed by atoms with Crippen molar-refractivity contribution in [2.24, 2.45) is 5.92 Å². The van der Waals surface area contributed by atoms with E-state index in [9.17, 15) is 4.79 Å². The summed E-state index contributed by atoms with van der Waals surface area (Å²) in [6, 6.07) is 8.02. The third kappa shape index (κ3) is 5.97. The first-order chi connectivity index (χ1) is 14.2. The van der Waals surface area contributed by atoms with E-state index in [1.165, 1.54) is 12.0 Å². The molecule has 1 amide bonds. The summed E-state index contributed by atoms with van der Waals surface area (Å²) in [7, 11) is 0. The van der Waals surface area contributed by atoms with Crippen LogP contribution in [0.2, 0.25) is 0 Å². The van der Waals surface area contributed by atoms with Gasteiger partial charge < -0.3 is 9.64 Å². The Hall–Kier alpha value is -2.08. The number of likely N-dealkylation sites (tertiary alicyclic amines) is 1. The number of piperidine rings is 1. The van der Waals surface area contributed by atoms with Gasteiger partial charge in [-0.15, -0.1) is 0 Å². The van der Waals surface area contributed by atoms with E-state index in [4.69, 9.17) is 4.74 Å². The van der Waals surface area contributed by atoms with Crippen LogP contribution in [0.25, 0.3) is 0 Å². The molecule has 3 rings (SSSR count). The van der Waals surface area contributed by atoms with Gasteiger partial charge in [0.25, 0.3) is 5.91 Å². The average Bonchev–Trinajstić information content (AvgIpc) is 2.72. The largest absolute Gasteiger partial charge is 0.438 e. The van der Waals surface area contributed by atoms with Gasteiger partial charge in [-0.2, -0.15) is 4.98 Å². The molecule has 1 fully saturated rings. The quantitative estimate of drug-likeness (QED) is 0.422. The fourth-order valence-corrected chi connectivity index (χ4v) is 4.05. The molecular weight excluding hydrogens is 394 g/mol. The van der Waals surface area contributed by atoms with E-state index in [1.54, 1.807) is 18.0 Å². The summed E-state index contributed by atoms with van der Waals surface area (Å²) in [4.78, 5) is 24.1. The zero-order valence-corrected chi connectivity index (χ0v) is 19.6. The van der Waals surface area contributed by atoms with Gasteiger partial charge in [-0.05, 0) is 48.3 Å². The lowest BCUT2D eigenvalue weighted by Gasteiger charge is -2.27. The van der Waals surface area contributed by atoms with Crippen LogP contribution in [0.3, 0.4) is 0 Å². The van der Waals surface area contributed by atoms with Crippen LogP contribution >= 0.6 is 11.8 Å². The summed E-state index contributed by atoms with van der Waals surface area (Å²) in [5.74, 6) is 2.42. The maximum Gasteiger partial charge on any atom is 0.260 e. The minimum atomic E-state index is -0.0450. The lowest BCUT2D eigenvalue weighted by Crippen LogP contribution is -2.36. The molecular formula is C24H33N3O2S. The molecule has 2 aromatic rings. The number of ether oxygens (including phenoxy) is 1. The number of hydrogen-bond donors (Lipinski definition) is 0. The van der Waals surface area contributed by atoms with Crippen LogP contribution < -0.4 is 4.74 Å². The lowest BCUT2D eigenvalue weighted by molar-refractivity contribution is 0.0720. The first kappa shape index (κ1) is 22.6. The van der Waals surface area contributed by atoms with E-state index in [2.05, 4.69) is 56.7 Å². The molecule has 1 aliphatic rings. The molecule has 0 radical (unpaired) electrons. The van der Waals surface area contributed by atoms with Crippen LogP contribution in [0.5, 0.6) is 11.6 Å². The van der Waals surface area contributed by atoms with Crippen molar-refractivity contribution in [3.05, 3.63) is 41.6 Å². The maximum absolute atomic E-state index is 13.1. The van der Waals surface area contributed by atoms with Crippen molar-refractivity contribution in [3.8, 4) is 11.6 Å². The standard InChI is InChI=1S/C24H33N3O2S/c1-17(2)16-30-23-25-15-20(22(28)27-13-7-6-8-14-27)21(26-23)29-19-11-9-18(10-12-19)24(3,4)5/h9-12,15,17H,6-8,13-14,16H2,1-5H3. The number of nitrogens with zero attached hydrogens (tertiary/aromatic N) is 3. The Morgan fingerprint density at radius 1 is 1.13 bits per heavy atom. The molecule has 1 aromatic carbocycles. The number of benzene rings is 1. The Morgan fingerprint density at radius 2 is 1.80 bits per heavy atom. The molecule has 162 valence electrons. The number of carbonyl (C=O) groups is 1. The van der Waals surface area contributed by atoms with Gasteiger partial charge in [-0.25, -0.2) is 4.98 Å². The van der Waals surface area contributed by atoms with Crippen molar-refractivity contribution in [1.29, 1.82) is 0 Å². The lowest BCUT2D eigenvalue weighted by atomic mass is 9.87. The van der Waals surface area contributed by atoms with Crippen LogP contribution in [0.1, 0.15) is 69.8 Å². The van der Waals surface area contributed by atoms with Gasteiger partial charge in [0, 0.05) is 25.0 Å². The van der Waals surface area contributed by atoms with E-state index in [-0.39, 0.29) is 11.3 Å². The molecule has 0 atom stereocenters. The second-order valence-electron chi connectivity index (χ2n) is 9.31. The molecule has 0 aliphatic carbocycles. The number of aromatic nitrogens is 2. The molecule has 30 heavy (non-hydrogen) atoms. The molecule has 1 aromatic heterocycles. The van der Waals surface area contributed by atoms with Crippen molar-refractivity contribution in [2.75, 3.05) is 18.8 Å². The number of thioether (sulfide) groups is 1. The van der Waals surface area contributed by atoms with Crippen LogP contribution in [-0.4, -0.2) is 39.6 Å². The van der Waals surface area contributed by atoms with E-state index in [1.807, 2.05) is 17.0 Å². The van der Waals surface area contributed by atoms with Crippen LogP contribution in [0.4, 0.5) is 0 Å². The highest BCUT2D eigenvalue weighted by Crippen LogP contribution is 2.30. The minimum absolute atomic E-state index is 0.0450. The highest BCUT2D eigenvalue weighted by Gasteiger charge is 2.24. The van der Waals surface area contributed by atoms with E-state index >= 15 is 0 Å². The first-order valence-corrected chi connectivity index (χ1v) is 11.8. The first-order valence-electron chi connectivity index (χ1n) is 10.8. The van der Waals surface area contributed by atoms with Crippen molar-refractivity contribution in [2.45, 2.75) is 64.5 Å². The minimum Gasteiger partial charge on any atom is -0.438 e. The summed E-state index contributed by atoms with van der Waals surface area (Å²) < 4.78 is 6.12. The fourth-order valence-electron chi connectivity index (χ4n) is 3.29. The molecule has 0 N–H and O–H groups in total. The predicted molar refractivity (Wildman–Crippen MR) is 123 cm³/mol. The van der Waals surface area contributed by atoms with Gasteiger partial charge in [-0.1, -0.05) is 58.5 Å². The Labute approximate surface area is 184 Å². The predicted octanol–water partition coefficient (Wildman–Crippen LogP) is 5.94. The Kier molecular flexibility index (Phi) is 7.40. The Bertz CT molecular complexity index is 854. The monoisotopic (exact) mass is 427 g/mol. The molecule has 0 spiro atoms. The summed E-state index contributed by atoms with van der Waals surface area (Å²) >= 11 is 1.59. The van der Waals surface area contributed by atoms with Crippen LogP contribution in [0, 0.1) is 5.92 Å². The second kappa shape index (κ2) is 9.82. The van der Waals surface area contributed by atoms with Crippen molar-refractivity contribution >= 4 is 17.7 Å². The fraction of sp³-hybridized carbons (Fsp3) is 0.542. The highest BCUT2D eigenvalue weighted by molar-refractivity contribution is 7.99. The van der Waals surface area contributed by atoms with Crippen LogP contribution in [0.15, 0.2) is 35.6 Å². The van der Waals surface area contributed by atoms with Gasteiger partial charge in [0.1, 0.15) is 11.3 Å². The van der Waals surface area contributed by atoms with E-state index < -0.39 is 0 Å². The summed E-state index contributed by atoms with van der Waals surface area (Å²) in [5, 5.41) is 0.639. The molecule has 5 nitrogen and oxygen atoms in total. The van der Waals surface area contributed by atoms with Gasteiger partial charge >= 0.3 is 0 Å². The third-order valence-corrected chi connectivity index (χ3v) is 6.37. The SMILES string of the molecule is CC(C)CSc1ncc(C(=O)N2CCCCC2)c(Oc2ccc(C(C)(C)C)cc2)n1. The molecule has 0 saturated carbocycles. The highest BCUT2D eigenvalue weighted by atomic mass is 32.2. The van der Waals surface area contributed by atoms with Gasteiger partial charge in [0.2, 0.25) is 5.88 Å². The number of hydrogen-bond acceptors (Lipinski definition) is 5. The third-order valence-electron chi connectivity index (χ3n) is 5.09. The molecule has 1 aliphatic heterocycles. The van der Waals surface area contributed by atoms with Gasteiger partial charge in [0.15, 0.2) is 5.16 Å². The topological polar surface area (TPSA) is 55.3 Å². The molecule has 2 heterocycles. The molecule has 0 unspecified atom stereocenters.